The Morgan fingerprint density at radius 3 is 2.68 bits per heavy atom. The van der Waals surface area contributed by atoms with Crippen LogP contribution in [0.4, 0.5) is 0 Å². The van der Waals surface area contributed by atoms with Gasteiger partial charge in [-0.15, -0.1) is 0 Å². The van der Waals surface area contributed by atoms with Gasteiger partial charge >= 0.3 is 0 Å². The normalized spacial score (nSPS) is 27.3. The predicted octanol–water partition coefficient (Wildman–Crippen LogP) is 2.64. The number of aliphatic hydroxyl groups is 1. The Balaban J connectivity index is 2.41. The average molecular weight is 270 g/mol. The van der Waals surface area contributed by atoms with Crippen molar-refractivity contribution in [1.29, 1.82) is 0 Å². The van der Waals surface area contributed by atoms with E-state index in [-0.39, 0.29) is 5.54 Å². The van der Waals surface area contributed by atoms with Crippen LogP contribution in [0.25, 0.3) is 0 Å². The lowest BCUT2D eigenvalue weighted by atomic mass is 9.85. The lowest BCUT2D eigenvalue weighted by Crippen LogP contribution is -2.52. The second-order valence-electron chi connectivity index (χ2n) is 6.28. The smallest absolute Gasteiger partial charge is 0.0616 e. The van der Waals surface area contributed by atoms with Gasteiger partial charge in [-0.3, -0.25) is 0 Å². The molecule has 3 nitrogen and oxygen atoms in total. The van der Waals surface area contributed by atoms with Crippen LogP contribution in [-0.2, 0) is 0 Å². The van der Waals surface area contributed by atoms with Crippen molar-refractivity contribution < 1.29 is 5.11 Å². The van der Waals surface area contributed by atoms with Gasteiger partial charge in [0.05, 0.1) is 6.61 Å². The van der Waals surface area contributed by atoms with Crippen LogP contribution >= 0.6 is 0 Å². The summed E-state index contributed by atoms with van der Waals surface area (Å²) in [6, 6.07) is 0. The van der Waals surface area contributed by atoms with Gasteiger partial charge in [-0.05, 0) is 64.7 Å². The van der Waals surface area contributed by atoms with Crippen molar-refractivity contribution in [3.8, 4) is 0 Å². The molecule has 0 aromatic heterocycles. The highest BCUT2D eigenvalue weighted by Crippen LogP contribution is 2.37. The van der Waals surface area contributed by atoms with Gasteiger partial charge in [-0.25, -0.2) is 0 Å². The molecule has 1 aliphatic carbocycles. The molecule has 2 N–H and O–H groups in total. The maximum Gasteiger partial charge on any atom is 0.0616 e. The molecule has 1 saturated carbocycles. The zero-order valence-corrected chi connectivity index (χ0v) is 13.2. The van der Waals surface area contributed by atoms with Crippen molar-refractivity contribution in [2.75, 3.05) is 33.3 Å². The first-order valence-corrected chi connectivity index (χ1v) is 8.23. The molecule has 0 aliphatic heterocycles. The van der Waals surface area contributed by atoms with E-state index in [2.05, 4.69) is 31.1 Å². The second kappa shape index (κ2) is 8.93. The van der Waals surface area contributed by atoms with Crippen molar-refractivity contribution in [1.82, 2.24) is 10.2 Å². The lowest BCUT2D eigenvalue weighted by molar-refractivity contribution is 0.113. The number of nitrogens with one attached hydrogen (secondary N) is 1. The Morgan fingerprint density at radius 1 is 1.26 bits per heavy atom. The first-order chi connectivity index (χ1) is 9.18. The highest BCUT2D eigenvalue weighted by atomic mass is 16.3. The maximum absolute atomic E-state index is 9.84. The van der Waals surface area contributed by atoms with Crippen LogP contribution in [0.3, 0.4) is 0 Å². The molecule has 114 valence electrons. The largest absolute Gasteiger partial charge is 0.394 e. The van der Waals surface area contributed by atoms with E-state index in [1.165, 1.54) is 45.2 Å². The van der Waals surface area contributed by atoms with Crippen LogP contribution in [0, 0.1) is 5.92 Å². The zero-order valence-electron chi connectivity index (χ0n) is 13.2. The molecular formula is C16H34N2O. The summed E-state index contributed by atoms with van der Waals surface area (Å²) in [6.07, 6.45) is 8.61. The summed E-state index contributed by atoms with van der Waals surface area (Å²) < 4.78 is 0. The molecule has 0 spiro atoms. The molecule has 19 heavy (non-hydrogen) atoms. The van der Waals surface area contributed by atoms with Crippen LogP contribution in [0.2, 0.25) is 0 Å². The molecule has 0 amide bonds. The van der Waals surface area contributed by atoms with E-state index < -0.39 is 0 Å². The Labute approximate surface area is 119 Å². The summed E-state index contributed by atoms with van der Waals surface area (Å²) in [7, 11) is 2.23. The van der Waals surface area contributed by atoms with Gasteiger partial charge in [-0.1, -0.05) is 26.7 Å². The van der Waals surface area contributed by atoms with Gasteiger partial charge in [-0.2, -0.15) is 0 Å². The van der Waals surface area contributed by atoms with Gasteiger partial charge in [0.2, 0.25) is 0 Å². The number of aliphatic hydroxyl groups excluding tert-OH is 1. The van der Waals surface area contributed by atoms with E-state index >= 15 is 0 Å². The summed E-state index contributed by atoms with van der Waals surface area (Å²) in [5.41, 5.74) is 0.0155. The molecule has 0 aromatic rings. The molecule has 0 saturated heterocycles. The number of unbranched alkanes of at least 4 members (excludes halogenated alkanes) is 1. The molecule has 2 atom stereocenters. The minimum atomic E-state index is 0.0155. The van der Waals surface area contributed by atoms with Gasteiger partial charge in [0.25, 0.3) is 0 Å². The third-order valence-electron chi connectivity index (χ3n) is 4.72. The molecule has 2 unspecified atom stereocenters. The molecule has 1 aliphatic rings. The first-order valence-electron chi connectivity index (χ1n) is 8.23. The summed E-state index contributed by atoms with van der Waals surface area (Å²) >= 11 is 0. The molecule has 0 radical (unpaired) electrons. The van der Waals surface area contributed by atoms with Gasteiger partial charge in [0, 0.05) is 5.54 Å². The number of hydrogen-bond donors (Lipinski definition) is 2. The van der Waals surface area contributed by atoms with Crippen LogP contribution < -0.4 is 5.32 Å². The SMILES string of the molecule is CCCCN(C)CCC1CCCC1(CO)NCCC. The standard InChI is InChI=1S/C16H34N2O/c1-4-6-12-18(3)13-9-15-8-7-10-16(15,14-19)17-11-5-2/h15,17,19H,4-14H2,1-3H3. The topological polar surface area (TPSA) is 35.5 Å². The van der Waals surface area contributed by atoms with E-state index in [0.29, 0.717) is 12.5 Å². The van der Waals surface area contributed by atoms with E-state index in [9.17, 15) is 5.11 Å². The molecular weight excluding hydrogens is 236 g/mol. The Morgan fingerprint density at radius 2 is 2.05 bits per heavy atom. The Kier molecular flexibility index (Phi) is 7.96. The minimum Gasteiger partial charge on any atom is -0.394 e. The van der Waals surface area contributed by atoms with Crippen molar-refractivity contribution in [2.45, 2.75) is 64.3 Å². The van der Waals surface area contributed by atoms with Crippen LogP contribution in [0.5, 0.6) is 0 Å². The highest BCUT2D eigenvalue weighted by Gasteiger charge is 2.41. The van der Waals surface area contributed by atoms with Gasteiger partial charge in [0.15, 0.2) is 0 Å². The number of rotatable bonds is 10. The van der Waals surface area contributed by atoms with Gasteiger partial charge in [0.1, 0.15) is 0 Å². The zero-order chi connectivity index (χ0) is 14.1. The fraction of sp³-hybridized carbons (Fsp3) is 1.00. The first kappa shape index (κ1) is 16.9. The lowest BCUT2D eigenvalue weighted by Gasteiger charge is -2.36. The van der Waals surface area contributed by atoms with E-state index in [1.54, 1.807) is 0 Å². The predicted molar refractivity (Wildman–Crippen MR) is 82.5 cm³/mol. The second-order valence-corrected chi connectivity index (χ2v) is 6.28. The van der Waals surface area contributed by atoms with Crippen LogP contribution in [-0.4, -0.2) is 48.8 Å². The molecule has 1 rings (SSSR count). The molecule has 3 heteroatoms. The average Bonchev–Trinajstić information content (AvgIpc) is 2.84. The summed E-state index contributed by atoms with van der Waals surface area (Å²) in [6.45, 7) is 8.15. The fourth-order valence-electron chi connectivity index (χ4n) is 3.35. The molecule has 1 fully saturated rings. The van der Waals surface area contributed by atoms with Crippen molar-refractivity contribution in [3.05, 3.63) is 0 Å². The highest BCUT2D eigenvalue weighted by molar-refractivity contribution is 4.99. The third-order valence-corrected chi connectivity index (χ3v) is 4.72. The Hall–Kier alpha value is -0.120. The maximum atomic E-state index is 9.84. The van der Waals surface area contributed by atoms with Crippen molar-refractivity contribution in [3.63, 3.8) is 0 Å². The molecule has 0 bridgehead atoms. The van der Waals surface area contributed by atoms with E-state index in [4.69, 9.17) is 0 Å². The number of nitrogens with zero attached hydrogens (tertiary/aromatic N) is 1. The van der Waals surface area contributed by atoms with Crippen LogP contribution in [0.15, 0.2) is 0 Å². The third kappa shape index (κ3) is 5.05. The van der Waals surface area contributed by atoms with E-state index in [0.717, 1.165) is 19.4 Å². The molecule has 0 heterocycles. The summed E-state index contributed by atoms with van der Waals surface area (Å²) in [4.78, 5) is 2.45. The van der Waals surface area contributed by atoms with Gasteiger partial charge < -0.3 is 15.3 Å². The molecule has 0 aromatic carbocycles. The Bertz CT molecular complexity index is 235. The van der Waals surface area contributed by atoms with E-state index in [1.807, 2.05) is 0 Å². The quantitative estimate of drug-likeness (QED) is 0.640. The number of hydrogen-bond acceptors (Lipinski definition) is 3. The monoisotopic (exact) mass is 270 g/mol. The fourth-order valence-corrected chi connectivity index (χ4v) is 3.35. The minimum absolute atomic E-state index is 0.0155. The van der Waals surface area contributed by atoms with Crippen LogP contribution in [0.1, 0.15) is 58.8 Å². The summed E-state index contributed by atoms with van der Waals surface area (Å²) in [5.74, 6) is 0.646. The summed E-state index contributed by atoms with van der Waals surface area (Å²) in [5, 5.41) is 13.5. The van der Waals surface area contributed by atoms with Crippen molar-refractivity contribution in [2.24, 2.45) is 5.92 Å². The van der Waals surface area contributed by atoms with Crippen molar-refractivity contribution >= 4 is 0 Å².